The Kier molecular flexibility index (Phi) is 10.1. The monoisotopic (exact) mass is 523 g/mol. The van der Waals surface area contributed by atoms with Crippen molar-refractivity contribution >= 4 is 40.9 Å². The molecule has 0 aliphatic heterocycles. The summed E-state index contributed by atoms with van der Waals surface area (Å²) >= 11 is 0. The van der Waals surface area contributed by atoms with Gasteiger partial charge in [-0.25, -0.2) is 0 Å². The van der Waals surface area contributed by atoms with Crippen molar-refractivity contribution in [2.75, 3.05) is 19.7 Å². The first kappa shape index (κ1) is 24.2. The van der Waals surface area contributed by atoms with Crippen LogP contribution in [0.25, 0.3) is 11.0 Å². The number of nitrogens with one attached hydrogen (secondary N) is 2. The Hall–Kier alpha value is -2.10. The maximum absolute atomic E-state index is 10.2. The molecule has 1 heterocycles. The SMILES string of the molecule is CCNC(=NCC(O)COCc1ccccc1)NC(C)c1cc2ccccc2o1.I. The van der Waals surface area contributed by atoms with Crippen molar-refractivity contribution in [1.82, 2.24) is 10.6 Å². The van der Waals surface area contributed by atoms with Gasteiger partial charge in [-0.15, -0.1) is 24.0 Å². The molecule has 1 aromatic heterocycles. The number of rotatable bonds is 9. The second-order valence-electron chi connectivity index (χ2n) is 6.93. The molecule has 2 atom stereocenters. The van der Waals surface area contributed by atoms with Gasteiger partial charge in [0.25, 0.3) is 0 Å². The van der Waals surface area contributed by atoms with Gasteiger partial charge in [0.2, 0.25) is 0 Å². The quantitative estimate of drug-likeness (QED) is 0.222. The fourth-order valence-corrected chi connectivity index (χ4v) is 2.95. The molecule has 30 heavy (non-hydrogen) atoms. The van der Waals surface area contributed by atoms with Crippen molar-refractivity contribution in [3.63, 3.8) is 0 Å². The van der Waals surface area contributed by atoms with Gasteiger partial charge in [0.15, 0.2) is 5.96 Å². The molecule has 0 amide bonds. The summed E-state index contributed by atoms with van der Waals surface area (Å²) in [6, 6.07) is 19.8. The highest BCUT2D eigenvalue weighted by Crippen LogP contribution is 2.23. The Morgan fingerprint density at radius 1 is 1.13 bits per heavy atom. The number of nitrogens with zero attached hydrogens (tertiary/aromatic N) is 1. The summed E-state index contributed by atoms with van der Waals surface area (Å²) in [7, 11) is 0. The molecule has 162 valence electrons. The molecule has 0 bridgehead atoms. The molecule has 3 rings (SSSR count). The fraction of sp³-hybridized carbons (Fsp3) is 0.348. The summed E-state index contributed by atoms with van der Waals surface area (Å²) in [6.07, 6.45) is -0.671. The number of aliphatic imine (C=N–C) groups is 1. The maximum Gasteiger partial charge on any atom is 0.191 e. The lowest BCUT2D eigenvalue weighted by molar-refractivity contribution is 0.0331. The maximum atomic E-state index is 10.2. The van der Waals surface area contributed by atoms with Crippen LogP contribution in [0.5, 0.6) is 0 Å². The molecule has 2 aromatic carbocycles. The Morgan fingerprint density at radius 3 is 2.60 bits per heavy atom. The third-order valence-electron chi connectivity index (χ3n) is 4.45. The summed E-state index contributed by atoms with van der Waals surface area (Å²) in [6.45, 7) is 5.70. The minimum atomic E-state index is -0.671. The Bertz CT molecular complexity index is 881. The van der Waals surface area contributed by atoms with Crippen molar-refractivity contribution in [1.29, 1.82) is 0 Å². The van der Waals surface area contributed by atoms with Gasteiger partial charge < -0.3 is 24.9 Å². The first-order chi connectivity index (χ1) is 14.2. The average Bonchev–Trinajstić information content (AvgIpc) is 3.17. The van der Waals surface area contributed by atoms with Crippen LogP contribution in [0.2, 0.25) is 0 Å². The van der Waals surface area contributed by atoms with Gasteiger partial charge >= 0.3 is 0 Å². The highest BCUT2D eigenvalue weighted by molar-refractivity contribution is 14.0. The number of halogens is 1. The predicted molar refractivity (Wildman–Crippen MR) is 131 cm³/mol. The van der Waals surface area contributed by atoms with Crippen LogP contribution in [0.1, 0.15) is 31.2 Å². The molecular weight excluding hydrogens is 493 g/mol. The number of para-hydroxylation sites is 1. The molecule has 0 fully saturated rings. The van der Waals surface area contributed by atoms with E-state index in [2.05, 4.69) is 15.6 Å². The molecule has 0 radical (unpaired) electrons. The van der Waals surface area contributed by atoms with Gasteiger partial charge in [-0.3, -0.25) is 4.99 Å². The van der Waals surface area contributed by atoms with E-state index in [0.717, 1.165) is 28.8 Å². The van der Waals surface area contributed by atoms with E-state index in [1.807, 2.05) is 74.5 Å². The van der Waals surface area contributed by atoms with Crippen LogP contribution < -0.4 is 10.6 Å². The molecule has 3 N–H and O–H groups in total. The Labute approximate surface area is 194 Å². The zero-order valence-electron chi connectivity index (χ0n) is 17.4. The molecule has 7 heteroatoms. The highest BCUT2D eigenvalue weighted by Gasteiger charge is 2.13. The number of aliphatic hydroxyl groups is 1. The van der Waals surface area contributed by atoms with Gasteiger partial charge in [0.1, 0.15) is 11.3 Å². The van der Waals surface area contributed by atoms with Gasteiger partial charge in [0.05, 0.1) is 31.9 Å². The lowest BCUT2D eigenvalue weighted by Crippen LogP contribution is -2.39. The molecule has 0 saturated carbocycles. The summed E-state index contributed by atoms with van der Waals surface area (Å²) in [5.41, 5.74) is 1.95. The average molecular weight is 523 g/mol. The predicted octanol–water partition coefficient (Wildman–Crippen LogP) is 4.24. The van der Waals surface area contributed by atoms with E-state index in [-0.39, 0.29) is 43.2 Å². The largest absolute Gasteiger partial charge is 0.459 e. The van der Waals surface area contributed by atoms with Gasteiger partial charge in [-0.05, 0) is 31.5 Å². The summed E-state index contributed by atoms with van der Waals surface area (Å²) in [5.74, 6) is 1.46. The number of hydrogen-bond acceptors (Lipinski definition) is 4. The molecule has 6 nitrogen and oxygen atoms in total. The van der Waals surface area contributed by atoms with E-state index < -0.39 is 6.10 Å². The Morgan fingerprint density at radius 2 is 1.87 bits per heavy atom. The van der Waals surface area contributed by atoms with E-state index in [9.17, 15) is 5.11 Å². The van der Waals surface area contributed by atoms with E-state index in [1.54, 1.807) is 0 Å². The van der Waals surface area contributed by atoms with E-state index in [4.69, 9.17) is 9.15 Å². The number of hydrogen-bond donors (Lipinski definition) is 3. The normalized spacial score (nSPS) is 13.5. The van der Waals surface area contributed by atoms with E-state index in [1.165, 1.54) is 0 Å². The number of aliphatic hydroxyl groups excluding tert-OH is 1. The zero-order chi connectivity index (χ0) is 20.5. The van der Waals surface area contributed by atoms with Crippen LogP contribution in [-0.2, 0) is 11.3 Å². The van der Waals surface area contributed by atoms with Crippen LogP contribution in [0.3, 0.4) is 0 Å². The minimum absolute atomic E-state index is 0. The van der Waals surface area contributed by atoms with Crippen LogP contribution in [0.4, 0.5) is 0 Å². The first-order valence-electron chi connectivity index (χ1n) is 9.98. The van der Waals surface area contributed by atoms with E-state index >= 15 is 0 Å². The van der Waals surface area contributed by atoms with Crippen LogP contribution >= 0.6 is 24.0 Å². The van der Waals surface area contributed by atoms with Crippen LogP contribution in [0, 0.1) is 0 Å². The molecule has 0 aliphatic rings. The molecule has 2 unspecified atom stereocenters. The molecule has 3 aromatic rings. The number of guanidine groups is 1. The second kappa shape index (κ2) is 12.6. The molecule has 0 aliphatic carbocycles. The van der Waals surface area contributed by atoms with Crippen LogP contribution in [-0.4, -0.2) is 36.9 Å². The van der Waals surface area contributed by atoms with E-state index in [0.29, 0.717) is 12.6 Å². The lowest BCUT2D eigenvalue weighted by atomic mass is 10.2. The lowest BCUT2D eigenvalue weighted by Gasteiger charge is -2.17. The molecule has 0 spiro atoms. The number of benzene rings is 2. The highest BCUT2D eigenvalue weighted by atomic mass is 127. The van der Waals surface area contributed by atoms with Gasteiger partial charge in [-0.2, -0.15) is 0 Å². The van der Waals surface area contributed by atoms with Crippen molar-refractivity contribution in [3.05, 3.63) is 72.0 Å². The first-order valence-corrected chi connectivity index (χ1v) is 9.98. The van der Waals surface area contributed by atoms with Crippen LogP contribution in [0.15, 0.2) is 70.1 Å². The smallest absolute Gasteiger partial charge is 0.191 e. The summed E-state index contributed by atoms with van der Waals surface area (Å²) in [4.78, 5) is 4.48. The zero-order valence-corrected chi connectivity index (χ0v) is 19.7. The standard InChI is InChI=1S/C23H29N3O3.HI/c1-3-24-23(25-14-20(27)16-28-15-18-9-5-4-6-10-18)26-17(2)22-13-19-11-7-8-12-21(19)29-22;/h4-13,17,20,27H,3,14-16H2,1-2H3,(H2,24,25,26);1H. The van der Waals surface area contributed by atoms with Gasteiger partial charge in [-0.1, -0.05) is 48.5 Å². The Balaban J connectivity index is 0.00000320. The topological polar surface area (TPSA) is 79.0 Å². The second-order valence-corrected chi connectivity index (χ2v) is 6.93. The third kappa shape index (κ3) is 7.30. The molecular formula is C23H30IN3O3. The number of fused-ring (bicyclic) bond motifs is 1. The van der Waals surface area contributed by atoms with Crippen molar-refractivity contribution in [3.8, 4) is 0 Å². The summed E-state index contributed by atoms with van der Waals surface area (Å²) < 4.78 is 11.5. The van der Waals surface area contributed by atoms with Crippen molar-refractivity contribution in [2.24, 2.45) is 4.99 Å². The van der Waals surface area contributed by atoms with Crippen molar-refractivity contribution < 1.29 is 14.3 Å². The number of ether oxygens (including phenoxy) is 1. The number of furan rings is 1. The third-order valence-corrected chi connectivity index (χ3v) is 4.45. The summed E-state index contributed by atoms with van der Waals surface area (Å²) in [5, 5.41) is 17.8. The molecule has 0 saturated heterocycles. The fourth-order valence-electron chi connectivity index (χ4n) is 2.95. The van der Waals surface area contributed by atoms with Gasteiger partial charge in [0, 0.05) is 11.9 Å². The minimum Gasteiger partial charge on any atom is -0.459 e. The van der Waals surface area contributed by atoms with Crippen molar-refractivity contribution in [2.45, 2.75) is 32.6 Å².